The molecule has 2 fully saturated rings. The maximum atomic E-state index is 12.4. The zero-order chi connectivity index (χ0) is 14.9. The van der Waals surface area contributed by atoms with E-state index >= 15 is 0 Å². The molecule has 7 nitrogen and oxygen atoms in total. The number of tetrazole rings is 1. The van der Waals surface area contributed by atoms with Gasteiger partial charge in [-0.25, -0.2) is 4.68 Å². The third kappa shape index (κ3) is 2.54. The Morgan fingerprint density at radius 3 is 2.82 bits per heavy atom. The Morgan fingerprint density at radius 2 is 2.05 bits per heavy atom. The molecule has 114 valence electrons. The molecular formula is C15H18N6O. The highest BCUT2D eigenvalue weighted by atomic mass is 16.1. The summed E-state index contributed by atoms with van der Waals surface area (Å²) in [6, 6.07) is 8.07. The Hall–Kier alpha value is -2.44. The van der Waals surface area contributed by atoms with Crippen molar-refractivity contribution < 1.29 is 4.79 Å². The topological polar surface area (TPSA) is 75.9 Å². The number of rotatable bonds is 4. The maximum Gasteiger partial charge on any atom is 0.258 e. The van der Waals surface area contributed by atoms with E-state index in [9.17, 15) is 4.79 Å². The van der Waals surface area contributed by atoms with Crippen molar-refractivity contribution in [2.75, 3.05) is 23.3 Å². The monoisotopic (exact) mass is 298 g/mol. The number of hydrogen-bond acceptors (Lipinski definition) is 5. The summed E-state index contributed by atoms with van der Waals surface area (Å²) in [5, 5.41) is 14.3. The highest BCUT2D eigenvalue weighted by Crippen LogP contribution is 2.35. The summed E-state index contributed by atoms with van der Waals surface area (Å²) >= 11 is 0. The number of amides is 1. The van der Waals surface area contributed by atoms with Crippen LogP contribution in [0.25, 0.3) is 0 Å². The molecule has 22 heavy (non-hydrogen) atoms. The number of aromatic nitrogens is 4. The van der Waals surface area contributed by atoms with Crippen LogP contribution in [-0.2, 0) is 0 Å². The van der Waals surface area contributed by atoms with Gasteiger partial charge < -0.3 is 4.90 Å². The molecule has 1 aliphatic heterocycles. The van der Waals surface area contributed by atoms with Gasteiger partial charge in [-0.2, -0.15) is 0 Å². The molecule has 1 amide bonds. The van der Waals surface area contributed by atoms with Gasteiger partial charge >= 0.3 is 0 Å². The first-order valence-electron chi connectivity index (χ1n) is 7.75. The van der Waals surface area contributed by atoms with Crippen molar-refractivity contribution in [2.24, 2.45) is 0 Å². The number of nitrogens with one attached hydrogen (secondary N) is 1. The van der Waals surface area contributed by atoms with Crippen molar-refractivity contribution >= 4 is 17.5 Å². The fourth-order valence-electron chi connectivity index (χ4n) is 2.83. The van der Waals surface area contributed by atoms with Crippen LogP contribution in [0, 0.1) is 0 Å². The van der Waals surface area contributed by atoms with E-state index < -0.39 is 0 Å². The van der Waals surface area contributed by atoms with E-state index in [2.05, 4.69) is 31.8 Å². The van der Waals surface area contributed by atoms with E-state index in [1.807, 2.05) is 18.2 Å². The standard InChI is InChI=1S/C15H18N6O/c22-14(16-15-17-18-19-21(15)12-6-7-12)11-4-3-5-13(10-11)20-8-1-2-9-20/h3-5,10,12H,1-2,6-9H2,(H,16,17,19,22). The molecule has 1 aromatic carbocycles. The van der Waals surface area contributed by atoms with Gasteiger partial charge in [0.25, 0.3) is 5.91 Å². The number of benzene rings is 1. The Kier molecular flexibility index (Phi) is 3.25. The largest absolute Gasteiger partial charge is 0.372 e. The van der Waals surface area contributed by atoms with Gasteiger partial charge in [0, 0.05) is 24.3 Å². The molecule has 1 aliphatic carbocycles. The molecule has 0 bridgehead atoms. The Balaban J connectivity index is 1.52. The smallest absolute Gasteiger partial charge is 0.258 e. The molecule has 1 saturated heterocycles. The normalized spacial score (nSPS) is 17.7. The molecule has 0 spiro atoms. The molecule has 0 radical (unpaired) electrons. The fourth-order valence-corrected chi connectivity index (χ4v) is 2.83. The SMILES string of the molecule is O=C(Nc1nnnn1C1CC1)c1cccc(N2CCCC2)c1. The molecule has 7 heteroatoms. The van der Waals surface area contributed by atoms with Crippen LogP contribution in [0.4, 0.5) is 11.6 Å². The second kappa shape index (κ2) is 5.40. The number of hydrogen-bond donors (Lipinski definition) is 1. The molecule has 2 aliphatic rings. The molecule has 1 aromatic heterocycles. The van der Waals surface area contributed by atoms with Gasteiger partial charge in [0.05, 0.1) is 6.04 Å². The van der Waals surface area contributed by atoms with Crippen molar-refractivity contribution in [1.82, 2.24) is 20.2 Å². The Bertz CT molecular complexity index is 687. The van der Waals surface area contributed by atoms with Crippen molar-refractivity contribution in [2.45, 2.75) is 31.7 Å². The van der Waals surface area contributed by atoms with Gasteiger partial charge in [0.2, 0.25) is 5.95 Å². The minimum absolute atomic E-state index is 0.169. The van der Waals surface area contributed by atoms with Crippen LogP contribution in [0.15, 0.2) is 24.3 Å². The molecule has 1 saturated carbocycles. The lowest BCUT2D eigenvalue weighted by Gasteiger charge is -2.18. The lowest BCUT2D eigenvalue weighted by Crippen LogP contribution is -2.19. The lowest BCUT2D eigenvalue weighted by molar-refractivity contribution is 0.102. The molecule has 0 atom stereocenters. The quantitative estimate of drug-likeness (QED) is 0.932. The van der Waals surface area contributed by atoms with Gasteiger partial charge in [-0.3, -0.25) is 10.1 Å². The van der Waals surface area contributed by atoms with Crippen LogP contribution < -0.4 is 10.2 Å². The van der Waals surface area contributed by atoms with Gasteiger partial charge in [-0.15, -0.1) is 0 Å². The second-order valence-electron chi connectivity index (χ2n) is 5.88. The van der Waals surface area contributed by atoms with E-state index in [1.54, 1.807) is 4.68 Å². The molecule has 0 unspecified atom stereocenters. The van der Waals surface area contributed by atoms with Crippen molar-refractivity contribution in [3.05, 3.63) is 29.8 Å². The second-order valence-corrected chi connectivity index (χ2v) is 5.88. The first kappa shape index (κ1) is 13.2. The Labute approximate surface area is 128 Å². The van der Waals surface area contributed by atoms with Crippen molar-refractivity contribution in [3.63, 3.8) is 0 Å². The minimum Gasteiger partial charge on any atom is -0.372 e. The summed E-state index contributed by atoms with van der Waals surface area (Å²) in [6.45, 7) is 2.12. The van der Waals surface area contributed by atoms with Gasteiger partial charge in [0.1, 0.15) is 0 Å². The fraction of sp³-hybridized carbons (Fsp3) is 0.467. The summed E-state index contributed by atoms with van der Waals surface area (Å²) < 4.78 is 1.70. The van der Waals surface area contributed by atoms with Gasteiger partial charge in [-0.1, -0.05) is 11.2 Å². The molecule has 2 heterocycles. The average molecular weight is 298 g/mol. The average Bonchev–Trinajstić information content (AvgIpc) is 3.05. The summed E-state index contributed by atoms with van der Waals surface area (Å²) in [4.78, 5) is 14.7. The summed E-state index contributed by atoms with van der Waals surface area (Å²) in [5.41, 5.74) is 1.74. The van der Waals surface area contributed by atoms with Crippen LogP contribution >= 0.6 is 0 Å². The first-order chi connectivity index (χ1) is 10.8. The Morgan fingerprint density at radius 1 is 1.23 bits per heavy atom. The minimum atomic E-state index is -0.169. The van der Waals surface area contributed by atoms with Gasteiger partial charge in [-0.05, 0) is 54.3 Å². The number of nitrogens with zero attached hydrogens (tertiary/aromatic N) is 5. The molecular weight excluding hydrogens is 280 g/mol. The number of carbonyl (C=O) groups is 1. The van der Waals surface area contributed by atoms with Crippen LogP contribution in [0.5, 0.6) is 0 Å². The van der Waals surface area contributed by atoms with E-state index in [0.717, 1.165) is 31.6 Å². The zero-order valence-electron chi connectivity index (χ0n) is 12.3. The van der Waals surface area contributed by atoms with Crippen LogP contribution in [0.3, 0.4) is 0 Å². The van der Waals surface area contributed by atoms with E-state index in [0.29, 0.717) is 17.6 Å². The highest BCUT2D eigenvalue weighted by molar-refractivity contribution is 6.03. The molecule has 1 N–H and O–H groups in total. The molecule has 4 rings (SSSR count). The highest BCUT2D eigenvalue weighted by Gasteiger charge is 2.28. The first-order valence-corrected chi connectivity index (χ1v) is 7.75. The lowest BCUT2D eigenvalue weighted by atomic mass is 10.2. The van der Waals surface area contributed by atoms with E-state index in [4.69, 9.17) is 0 Å². The van der Waals surface area contributed by atoms with E-state index in [-0.39, 0.29) is 5.91 Å². The van der Waals surface area contributed by atoms with Crippen molar-refractivity contribution in [1.29, 1.82) is 0 Å². The van der Waals surface area contributed by atoms with Crippen LogP contribution in [-0.4, -0.2) is 39.2 Å². The zero-order valence-corrected chi connectivity index (χ0v) is 12.3. The molecule has 2 aromatic rings. The number of anilines is 2. The van der Waals surface area contributed by atoms with Gasteiger partial charge in [0.15, 0.2) is 0 Å². The predicted molar refractivity (Wildman–Crippen MR) is 81.9 cm³/mol. The van der Waals surface area contributed by atoms with Crippen LogP contribution in [0.1, 0.15) is 42.1 Å². The maximum absolute atomic E-state index is 12.4. The third-order valence-corrected chi connectivity index (χ3v) is 4.19. The summed E-state index contributed by atoms with van der Waals surface area (Å²) in [7, 11) is 0. The van der Waals surface area contributed by atoms with E-state index in [1.165, 1.54) is 12.8 Å². The van der Waals surface area contributed by atoms with Crippen molar-refractivity contribution in [3.8, 4) is 0 Å². The number of carbonyl (C=O) groups excluding carboxylic acids is 1. The summed E-state index contributed by atoms with van der Waals surface area (Å²) in [6.07, 6.45) is 4.57. The summed E-state index contributed by atoms with van der Waals surface area (Å²) in [5.74, 6) is 0.261. The van der Waals surface area contributed by atoms with Crippen LogP contribution in [0.2, 0.25) is 0 Å². The predicted octanol–water partition coefficient (Wildman–Crippen LogP) is 1.86. The third-order valence-electron chi connectivity index (χ3n) is 4.19.